The zero-order valence-electron chi connectivity index (χ0n) is 28.6. The number of nitrogens with two attached hydrogens (primary N) is 3. The first-order chi connectivity index (χ1) is 22.9. The van der Waals surface area contributed by atoms with Gasteiger partial charge in [0.2, 0.25) is 0 Å². The number of hydrogen-bond acceptors (Lipinski definition) is 12. The number of nitrogen functional groups attached to an aromatic ring is 1. The summed E-state index contributed by atoms with van der Waals surface area (Å²) in [5, 5.41) is 7.90. The average Bonchev–Trinajstić information content (AvgIpc) is 3.69. The van der Waals surface area contributed by atoms with Gasteiger partial charge in [-0.05, 0) is 93.3 Å². The van der Waals surface area contributed by atoms with E-state index in [1.165, 1.54) is 18.6 Å². The van der Waals surface area contributed by atoms with Crippen LogP contribution in [0.15, 0.2) is 33.0 Å². The second-order valence-corrected chi connectivity index (χ2v) is 14.4. The zero-order chi connectivity index (χ0) is 37.0. The van der Waals surface area contributed by atoms with Gasteiger partial charge in [0.1, 0.15) is 27.2 Å². The van der Waals surface area contributed by atoms with Gasteiger partial charge < -0.3 is 31.8 Å². The number of nitrogens with one attached hydrogen (secondary N) is 1. The maximum Gasteiger partial charge on any atom is 0.270 e. The summed E-state index contributed by atoms with van der Waals surface area (Å²) in [6.07, 6.45) is 0. The van der Waals surface area contributed by atoms with Crippen molar-refractivity contribution in [2.45, 2.75) is 53.4 Å². The molecule has 4 aromatic rings. The SMILES string of the molecule is COCN(c1onc(C)c1Cl)S(=O)(=O)c1ccsc1C(=O)Nc1c(C)cc(C)c(C)c1C(=O)CN.Cc1cc(C)c(N)c(C(=O)CN)c1C. The number of amides is 1. The third-order valence-corrected chi connectivity index (χ3v) is 11.2. The summed E-state index contributed by atoms with van der Waals surface area (Å²) >= 11 is 7.11. The summed E-state index contributed by atoms with van der Waals surface area (Å²) in [6, 6.07) is 5.12. The number of thiophene rings is 1. The van der Waals surface area contributed by atoms with Gasteiger partial charge in [0.05, 0.1) is 18.8 Å². The predicted molar refractivity (Wildman–Crippen MR) is 193 cm³/mol. The first-order valence-corrected chi connectivity index (χ1v) is 17.6. The van der Waals surface area contributed by atoms with E-state index in [4.69, 9.17) is 38.1 Å². The molecule has 0 saturated carbocycles. The van der Waals surface area contributed by atoms with Crippen molar-refractivity contribution < 1.29 is 32.1 Å². The lowest BCUT2D eigenvalue weighted by Crippen LogP contribution is -2.33. The Morgan fingerprint density at radius 2 is 1.49 bits per heavy atom. The third-order valence-electron chi connectivity index (χ3n) is 7.96. The summed E-state index contributed by atoms with van der Waals surface area (Å²) < 4.78 is 38.1. The molecule has 7 N–H and O–H groups in total. The second kappa shape index (κ2) is 16.1. The molecule has 2 aromatic carbocycles. The number of hydrogen-bond donors (Lipinski definition) is 4. The molecule has 0 aliphatic rings. The molecule has 2 heterocycles. The van der Waals surface area contributed by atoms with Crippen molar-refractivity contribution in [1.82, 2.24) is 5.16 Å². The molecule has 0 bridgehead atoms. The van der Waals surface area contributed by atoms with Crippen molar-refractivity contribution >= 4 is 67.7 Å². The van der Waals surface area contributed by atoms with Crippen LogP contribution in [0, 0.1) is 48.5 Å². The highest BCUT2D eigenvalue weighted by atomic mass is 35.5. The number of nitrogens with zero attached hydrogens (tertiary/aromatic N) is 2. The van der Waals surface area contributed by atoms with Crippen molar-refractivity contribution in [2.24, 2.45) is 11.5 Å². The number of carbonyl (C=O) groups excluding carboxylic acids is 3. The van der Waals surface area contributed by atoms with Crippen LogP contribution in [-0.4, -0.2) is 58.0 Å². The monoisotopic (exact) mass is 732 g/mol. The van der Waals surface area contributed by atoms with Gasteiger partial charge in [-0.25, -0.2) is 12.7 Å². The van der Waals surface area contributed by atoms with Crippen molar-refractivity contribution in [1.29, 1.82) is 0 Å². The van der Waals surface area contributed by atoms with E-state index in [1.54, 1.807) is 20.8 Å². The number of sulfonamides is 1. The number of aromatic nitrogens is 1. The molecule has 13 nitrogen and oxygen atoms in total. The van der Waals surface area contributed by atoms with Crippen LogP contribution in [-0.2, 0) is 14.8 Å². The van der Waals surface area contributed by atoms with E-state index in [-0.39, 0.29) is 51.0 Å². The molecule has 4 rings (SSSR count). The number of benzene rings is 2. The first-order valence-electron chi connectivity index (χ1n) is 14.9. The van der Waals surface area contributed by atoms with Gasteiger partial charge in [-0.15, -0.1) is 11.3 Å². The van der Waals surface area contributed by atoms with E-state index in [1.807, 2.05) is 39.8 Å². The standard InChI is InChI=1S/C22H25ClN4O6S2.C11H16N2O/c1-11-8-12(2)19(17(13(11)3)15(28)9-24)25-21(29)20-16(6-7-34-20)35(30,31)27(10-32-5)22-18(23)14(4)26-33-22;1-6-4-7(2)11(13)10(8(6)3)9(14)5-12/h6-8H,9-10,24H2,1-5H3,(H,25,29);4H,5,12-13H2,1-3H3. The van der Waals surface area contributed by atoms with Crippen molar-refractivity contribution in [3.63, 3.8) is 0 Å². The van der Waals surface area contributed by atoms with E-state index >= 15 is 0 Å². The Kier molecular flexibility index (Phi) is 12.9. The molecule has 0 atom stereocenters. The van der Waals surface area contributed by atoms with Gasteiger partial charge in [0, 0.05) is 23.9 Å². The van der Waals surface area contributed by atoms with Gasteiger partial charge in [0.25, 0.3) is 21.8 Å². The normalized spacial score (nSPS) is 11.2. The largest absolute Gasteiger partial charge is 0.398 e. The Morgan fingerprint density at radius 1 is 0.939 bits per heavy atom. The number of rotatable bonds is 11. The quantitative estimate of drug-likeness (QED) is 0.0899. The highest BCUT2D eigenvalue weighted by molar-refractivity contribution is 7.93. The highest BCUT2D eigenvalue weighted by Gasteiger charge is 2.35. The number of methoxy groups -OCH3 is 1. The Hall–Kier alpha value is -4.12. The molecule has 0 fully saturated rings. The lowest BCUT2D eigenvalue weighted by atomic mass is 9.94. The minimum atomic E-state index is -4.35. The number of ketones is 2. The van der Waals surface area contributed by atoms with Gasteiger partial charge in [-0.3, -0.25) is 14.4 Å². The molecule has 0 aliphatic heterocycles. The number of Topliss-reactive ketones (excluding diaryl/α,β-unsaturated/α-hetero) is 2. The maximum atomic E-state index is 13.6. The fourth-order valence-corrected chi connectivity index (χ4v) is 7.92. The molecule has 0 spiro atoms. The lowest BCUT2D eigenvalue weighted by Gasteiger charge is -2.21. The van der Waals surface area contributed by atoms with Crippen LogP contribution in [0.25, 0.3) is 0 Å². The summed E-state index contributed by atoms with van der Waals surface area (Å²) in [7, 11) is -3.05. The van der Waals surface area contributed by atoms with Crippen molar-refractivity contribution in [3.05, 3.63) is 83.7 Å². The summed E-state index contributed by atoms with van der Waals surface area (Å²) in [4.78, 5) is 37.1. The van der Waals surface area contributed by atoms with Crippen LogP contribution in [0.3, 0.4) is 0 Å². The zero-order valence-corrected chi connectivity index (χ0v) is 31.0. The fraction of sp³-hybridized carbons (Fsp3) is 0.333. The van der Waals surface area contributed by atoms with Gasteiger partial charge in [-0.1, -0.05) is 28.9 Å². The van der Waals surface area contributed by atoms with Crippen LogP contribution < -0.4 is 26.8 Å². The molecule has 2 aromatic heterocycles. The molecule has 16 heteroatoms. The Balaban J connectivity index is 0.000000388. The molecule has 49 heavy (non-hydrogen) atoms. The molecule has 0 radical (unpaired) electrons. The number of anilines is 3. The van der Waals surface area contributed by atoms with Crippen molar-refractivity contribution in [3.8, 4) is 0 Å². The summed E-state index contributed by atoms with van der Waals surface area (Å²) in [5.41, 5.74) is 23.9. The summed E-state index contributed by atoms with van der Waals surface area (Å²) in [5.74, 6) is -1.37. The minimum absolute atomic E-state index is 0.00236. The van der Waals surface area contributed by atoms with Gasteiger partial charge in [-0.2, -0.15) is 0 Å². The summed E-state index contributed by atoms with van der Waals surface area (Å²) in [6.45, 7) is 12.0. The Labute approximate surface area is 294 Å². The molecular weight excluding hydrogens is 692 g/mol. The fourth-order valence-electron chi connectivity index (χ4n) is 5.08. The maximum absolute atomic E-state index is 13.6. The number of aryl methyl sites for hydroxylation is 5. The average molecular weight is 733 g/mol. The topological polar surface area (TPSA) is 214 Å². The molecule has 0 unspecified atom stereocenters. The van der Waals surface area contributed by atoms with Crippen LogP contribution in [0.4, 0.5) is 17.3 Å². The van der Waals surface area contributed by atoms with Crippen LogP contribution in [0.2, 0.25) is 5.02 Å². The predicted octanol–water partition coefficient (Wildman–Crippen LogP) is 5.15. The second-order valence-electron chi connectivity index (χ2n) is 11.3. The molecule has 264 valence electrons. The first kappa shape index (κ1) is 39.3. The Bertz CT molecular complexity index is 2000. The van der Waals surface area contributed by atoms with E-state index in [0.717, 1.165) is 37.9 Å². The molecule has 0 aliphatic carbocycles. The van der Waals surface area contributed by atoms with E-state index < -0.39 is 22.7 Å². The van der Waals surface area contributed by atoms with E-state index in [0.29, 0.717) is 33.6 Å². The Morgan fingerprint density at radius 3 is 2.02 bits per heavy atom. The van der Waals surface area contributed by atoms with E-state index in [9.17, 15) is 22.8 Å². The minimum Gasteiger partial charge on any atom is -0.398 e. The van der Waals surface area contributed by atoms with Gasteiger partial charge >= 0.3 is 0 Å². The number of halogens is 1. The van der Waals surface area contributed by atoms with Crippen LogP contribution in [0.1, 0.15) is 69.5 Å². The lowest BCUT2D eigenvalue weighted by molar-refractivity contribution is 0.0992. The van der Waals surface area contributed by atoms with Crippen LogP contribution in [0.5, 0.6) is 0 Å². The van der Waals surface area contributed by atoms with Gasteiger partial charge in [0.15, 0.2) is 11.6 Å². The number of carbonyl (C=O) groups is 3. The third kappa shape index (κ3) is 8.03. The molecule has 0 saturated heterocycles. The van der Waals surface area contributed by atoms with E-state index in [2.05, 4.69) is 10.5 Å². The molecule has 1 amide bonds. The smallest absolute Gasteiger partial charge is 0.270 e. The highest BCUT2D eigenvalue weighted by Crippen LogP contribution is 2.36. The van der Waals surface area contributed by atoms with Crippen LogP contribution >= 0.6 is 22.9 Å². The number of ether oxygens (including phenoxy) is 1. The van der Waals surface area contributed by atoms with Crippen molar-refractivity contribution in [2.75, 3.05) is 42.3 Å². The molecular formula is C33H41ClN6O7S2.